The van der Waals surface area contributed by atoms with Crippen LogP contribution in [0.2, 0.25) is 0 Å². The van der Waals surface area contributed by atoms with Gasteiger partial charge < -0.3 is 0 Å². The predicted octanol–water partition coefficient (Wildman–Crippen LogP) is 1.98. The molecule has 0 amide bonds. The minimum atomic E-state index is 1.20. The second-order valence-corrected chi connectivity index (χ2v) is 6.42. The van der Waals surface area contributed by atoms with E-state index >= 15 is 0 Å². The van der Waals surface area contributed by atoms with Gasteiger partial charge in [-0.3, -0.25) is 9.80 Å². The van der Waals surface area contributed by atoms with Gasteiger partial charge in [-0.25, -0.2) is 0 Å². The number of thioether (sulfide) groups is 2. The maximum atomic E-state index is 2.62. The SMILES string of the molecule is CC[C](N1CCSCC1)N1CCSCC1. The smallest absolute Gasteiger partial charge is 0.106 e. The Morgan fingerprint density at radius 2 is 1.27 bits per heavy atom. The van der Waals surface area contributed by atoms with Crippen molar-refractivity contribution in [2.75, 3.05) is 49.2 Å². The van der Waals surface area contributed by atoms with Gasteiger partial charge in [-0.05, 0) is 6.42 Å². The molecule has 0 aliphatic carbocycles. The maximum absolute atomic E-state index is 2.62. The highest BCUT2D eigenvalue weighted by molar-refractivity contribution is 7.99. The van der Waals surface area contributed by atoms with Crippen molar-refractivity contribution in [2.24, 2.45) is 0 Å². The summed E-state index contributed by atoms with van der Waals surface area (Å²) >= 11 is 4.19. The quantitative estimate of drug-likeness (QED) is 0.750. The molecular weight excluding hydrogens is 224 g/mol. The number of nitrogens with zero attached hydrogens (tertiary/aromatic N) is 2. The first kappa shape index (κ1) is 12.1. The van der Waals surface area contributed by atoms with E-state index < -0.39 is 0 Å². The van der Waals surface area contributed by atoms with Crippen LogP contribution in [-0.2, 0) is 0 Å². The molecule has 0 unspecified atom stereocenters. The van der Waals surface area contributed by atoms with E-state index in [2.05, 4.69) is 40.2 Å². The van der Waals surface area contributed by atoms with Crippen LogP contribution in [0.5, 0.6) is 0 Å². The second kappa shape index (κ2) is 6.38. The van der Waals surface area contributed by atoms with Crippen molar-refractivity contribution in [1.82, 2.24) is 9.80 Å². The highest BCUT2D eigenvalue weighted by Crippen LogP contribution is 2.25. The van der Waals surface area contributed by atoms with Crippen molar-refractivity contribution in [3.63, 3.8) is 0 Å². The molecule has 2 fully saturated rings. The van der Waals surface area contributed by atoms with E-state index in [1.807, 2.05) is 0 Å². The van der Waals surface area contributed by atoms with Gasteiger partial charge in [0.25, 0.3) is 0 Å². The van der Waals surface area contributed by atoms with Gasteiger partial charge in [0.2, 0.25) is 0 Å². The van der Waals surface area contributed by atoms with Gasteiger partial charge in [-0.1, -0.05) is 6.92 Å². The van der Waals surface area contributed by atoms with Gasteiger partial charge in [0, 0.05) is 49.2 Å². The molecule has 0 N–H and O–H groups in total. The molecule has 2 aliphatic heterocycles. The van der Waals surface area contributed by atoms with E-state index in [1.54, 1.807) is 6.17 Å². The maximum Gasteiger partial charge on any atom is 0.106 e. The van der Waals surface area contributed by atoms with E-state index in [-0.39, 0.29) is 0 Å². The highest BCUT2D eigenvalue weighted by atomic mass is 32.2. The normalized spacial score (nSPS) is 26.0. The molecule has 0 aromatic carbocycles. The molecule has 2 aliphatic rings. The molecule has 0 aromatic heterocycles. The van der Waals surface area contributed by atoms with Crippen LogP contribution in [0.1, 0.15) is 13.3 Å². The zero-order valence-corrected chi connectivity index (χ0v) is 11.2. The van der Waals surface area contributed by atoms with Crippen LogP contribution >= 0.6 is 23.5 Å². The summed E-state index contributed by atoms with van der Waals surface area (Å²) < 4.78 is 0. The van der Waals surface area contributed by atoms with Crippen LogP contribution in [0.4, 0.5) is 0 Å². The van der Waals surface area contributed by atoms with Gasteiger partial charge in [-0.15, -0.1) is 0 Å². The predicted molar refractivity (Wildman–Crippen MR) is 71.3 cm³/mol. The van der Waals surface area contributed by atoms with Crippen LogP contribution < -0.4 is 0 Å². The lowest BCUT2D eigenvalue weighted by atomic mass is 10.2. The third-order valence-corrected chi connectivity index (χ3v) is 4.95. The van der Waals surface area contributed by atoms with E-state index in [0.717, 1.165) is 0 Å². The lowest BCUT2D eigenvalue weighted by molar-refractivity contribution is 0.147. The van der Waals surface area contributed by atoms with Gasteiger partial charge in [0.05, 0.1) is 0 Å². The van der Waals surface area contributed by atoms with E-state index in [0.29, 0.717) is 0 Å². The Morgan fingerprint density at radius 1 is 0.867 bits per heavy atom. The van der Waals surface area contributed by atoms with E-state index in [1.165, 1.54) is 55.6 Å². The average Bonchev–Trinajstić information content (AvgIpc) is 2.33. The van der Waals surface area contributed by atoms with Gasteiger partial charge in [-0.2, -0.15) is 23.5 Å². The first-order valence-corrected chi connectivity index (χ1v) is 8.24. The van der Waals surface area contributed by atoms with Crippen LogP contribution in [0.25, 0.3) is 0 Å². The molecule has 2 nitrogen and oxygen atoms in total. The number of hydrogen-bond acceptors (Lipinski definition) is 4. The van der Waals surface area contributed by atoms with Gasteiger partial charge >= 0.3 is 0 Å². The Labute approximate surface area is 102 Å². The summed E-state index contributed by atoms with van der Waals surface area (Å²) in [6.45, 7) is 7.35. The van der Waals surface area contributed by atoms with Crippen molar-refractivity contribution in [3.8, 4) is 0 Å². The third kappa shape index (κ3) is 3.29. The molecule has 0 bridgehead atoms. The van der Waals surface area contributed by atoms with Crippen molar-refractivity contribution in [2.45, 2.75) is 13.3 Å². The summed E-state index contributed by atoms with van der Waals surface area (Å²) in [5.41, 5.74) is 0. The lowest BCUT2D eigenvalue weighted by Crippen LogP contribution is -2.47. The second-order valence-electron chi connectivity index (χ2n) is 3.97. The molecule has 1 radical (unpaired) electrons. The average molecular weight is 245 g/mol. The van der Waals surface area contributed by atoms with Crippen molar-refractivity contribution in [1.29, 1.82) is 0 Å². The fourth-order valence-electron chi connectivity index (χ4n) is 2.29. The van der Waals surface area contributed by atoms with E-state index in [9.17, 15) is 0 Å². The molecule has 0 spiro atoms. The Kier molecular flexibility index (Phi) is 5.14. The number of rotatable bonds is 3. The molecule has 2 rings (SSSR count). The Hall–Kier alpha value is 0.620. The molecule has 0 aromatic rings. The Morgan fingerprint density at radius 3 is 1.60 bits per heavy atom. The van der Waals surface area contributed by atoms with Gasteiger partial charge in [0.1, 0.15) is 6.17 Å². The first-order valence-electron chi connectivity index (χ1n) is 5.93. The lowest BCUT2D eigenvalue weighted by Gasteiger charge is -2.41. The van der Waals surface area contributed by atoms with E-state index in [4.69, 9.17) is 0 Å². The summed E-state index contributed by atoms with van der Waals surface area (Å²) in [4.78, 5) is 5.24. The Balaban J connectivity index is 1.88. The monoisotopic (exact) mass is 245 g/mol. The molecule has 2 heterocycles. The molecular formula is C11H21N2S2. The van der Waals surface area contributed by atoms with Crippen molar-refractivity contribution < 1.29 is 0 Å². The van der Waals surface area contributed by atoms with Crippen LogP contribution in [0.15, 0.2) is 0 Å². The fourth-order valence-corrected chi connectivity index (χ4v) is 4.10. The summed E-state index contributed by atoms with van der Waals surface area (Å²) in [7, 11) is 0. The summed E-state index contributed by atoms with van der Waals surface area (Å²) in [5.74, 6) is 5.25. The standard InChI is InChI=1S/C11H21N2S2/c1-2-11(12-3-7-14-8-4-12)13-5-9-15-10-6-13/h2-10H2,1H3. The van der Waals surface area contributed by atoms with Crippen molar-refractivity contribution >= 4 is 23.5 Å². The summed E-state index contributed by atoms with van der Waals surface area (Å²) in [6, 6.07) is 0. The zero-order valence-electron chi connectivity index (χ0n) is 9.57. The minimum absolute atomic E-state index is 1.20. The van der Waals surface area contributed by atoms with Gasteiger partial charge in [0.15, 0.2) is 0 Å². The zero-order chi connectivity index (χ0) is 10.5. The highest BCUT2D eigenvalue weighted by Gasteiger charge is 2.27. The molecule has 15 heavy (non-hydrogen) atoms. The summed E-state index contributed by atoms with van der Waals surface area (Å²) in [6.07, 6.45) is 2.81. The molecule has 2 saturated heterocycles. The molecule has 4 heteroatoms. The topological polar surface area (TPSA) is 6.48 Å². The first-order chi connectivity index (χ1) is 7.42. The van der Waals surface area contributed by atoms with Crippen LogP contribution in [0.3, 0.4) is 0 Å². The van der Waals surface area contributed by atoms with Crippen molar-refractivity contribution in [3.05, 3.63) is 6.17 Å². The number of hydrogen-bond donors (Lipinski definition) is 0. The van der Waals surface area contributed by atoms with Crippen LogP contribution in [0, 0.1) is 6.17 Å². The fraction of sp³-hybridized carbons (Fsp3) is 0.909. The molecule has 0 saturated carbocycles. The molecule has 0 atom stereocenters. The molecule has 87 valence electrons. The third-order valence-electron chi connectivity index (χ3n) is 3.07. The largest absolute Gasteiger partial charge is 0.281 e. The Bertz CT molecular complexity index is 159. The van der Waals surface area contributed by atoms with Crippen LogP contribution in [-0.4, -0.2) is 59.0 Å². The summed E-state index contributed by atoms with van der Waals surface area (Å²) in [5, 5.41) is 0. The minimum Gasteiger partial charge on any atom is -0.281 e.